The van der Waals surface area contributed by atoms with E-state index in [1.165, 1.54) is 4.88 Å². The third-order valence-electron chi connectivity index (χ3n) is 5.06. The third-order valence-corrected chi connectivity index (χ3v) is 6.81. The molecular weight excluding hydrogens is 388 g/mol. The van der Waals surface area contributed by atoms with Crippen molar-refractivity contribution in [2.75, 3.05) is 0 Å². The van der Waals surface area contributed by atoms with Crippen LogP contribution in [0, 0.1) is 6.92 Å². The van der Waals surface area contributed by atoms with E-state index >= 15 is 0 Å². The van der Waals surface area contributed by atoms with E-state index in [0.29, 0.717) is 12.0 Å². The number of hydrogen-bond donors (Lipinski definition) is 1. The van der Waals surface area contributed by atoms with Crippen molar-refractivity contribution in [3.8, 4) is 15.8 Å². The zero-order valence-electron chi connectivity index (χ0n) is 15.4. The van der Waals surface area contributed by atoms with Gasteiger partial charge in [-0.15, -0.1) is 32.9 Å². The summed E-state index contributed by atoms with van der Waals surface area (Å²) in [7, 11) is 0. The number of aromatic nitrogens is 5. The number of pyridine rings is 1. The van der Waals surface area contributed by atoms with Crippen LogP contribution in [0.5, 0.6) is 0 Å². The van der Waals surface area contributed by atoms with Crippen LogP contribution in [0.25, 0.3) is 15.8 Å². The summed E-state index contributed by atoms with van der Waals surface area (Å²) in [5, 5.41) is 16.7. The van der Waals surface area contributed by atoms with E-state index in [4.69, 9.17) is 0 Å². The van der Waals surface area contributed by atoms with Crippen molar-refractivity contribution in [3.05, 3.63) is 64.5 Å². The lowest BCUT2D eigenvalue weighted by Gasteiger charge is -2.35. The first kappa shape index (κ1) is 17.7. The monoisotopic (exact) mass is 408 g/mol. The van der Waals surface area contributed by atoms with Crippen LogP contribution < -0.4 is 5.32 Å². The Morgan fingerprint density at radius 3 is 2.75 bits per heavy atom. The molecule has 1 saturated carbocycles. The highest BCUT2D eigenvalue weighted by Gasteiger charge is 2.35. The first-order valence-electron chi connectivity index (χ1n) is 9.33. The molecule has 0 amide bonds. The van der Waals surface area contributed by atoms with E-state index < -0.39 is 0 Å². The molecule has 4 heterocycles. The molecule has 1 aliphatic rings. The summed E-state index contributed by atoms with van der Waals surface area (Å²) in [5.74, 6) is 2.30. The van der Waals surface area contributed by atoms with E-state index in [2.05, 4.69) is 55.2 Å². The van der Waals surface area contributed by atoms with E-state index in [1.807, 2.05) is 29.9 Å². The highest BCUT2D eigenvalue weighted by Crippen LogP contribution is 2.39. The minimum Gasteiger partial charge on any atom is -0.308 e. The average molecular weight is 409 g/mol. The molecule has 0 atom stereocenters. The van der Waals surface area contributed by atoms with Crippen molar-refractivity contribution in [2.24, 2.45) is 0 Å². The lowest BCUT2D eigenvalue weighted by Crippen LogP contribution is -2.40. The molecule has 0 spiro atoms. The van der Waals surface area contributed by atoms with Gasteiger partial charge >= 0.3 is 0 Å². The first-order valence-corrected chi connectivity index (χ1v) is 11.0. The molecule has 5 rings (SSSR count). The lowest BCUT2D eigenvalue weighted by molar-refractivity contribution is 0.277. The van der Waals surface area contributed by atoms with Crippen molar-refractivity contribution in [2.45, 2.75) is 38.3 Å². The third kappa shape index (κ3) is 3.39. The minimum atomic E-state index is 0.407. The van der Waals surface area contributed by atoms with Gasteiger partial charge in [0.2, 0.25) is 0 Å². The standard InChI is InChI=1S/C20H20N6S2/c1-13-5-6-17(28-13)26-18(24-25-19(26)20-22-8-9-27-20)14-10-16(11-14)23-12-15-4-2-3-7-21-15/h2-9,14,16,23H,10-12H2,1H3/t14-,16-. The van der Waals surface area contributed by atoms with Gasteiger partial charge in [0.05, 0.1) is 5.69 Å². The Bertz CT molecular complexity index is 1050. The smallest absolute Gasteiger partial charge is 0.198 e. The molecule has 4 aromatic rings. The van der Waals surface area contributed by atoms with Crippen LogP contribution in [0.3, 0.4) is 0 Å². The second-order valence-corrected chi connectivity index (χ2v) is 9.17. The van der Waals surface area contributed by atoms with Crippen molar-refractivity contribution in [1.29, 1.82) is 0 Å². The molecule has 142 valence electrons. The second kappa shape index (κ2) is 7.54. The van der Waals surface area contributed by atoms with Crippen molar-refractivity contribution in [1.82, 2.24) is 30.0 Å². The molecule has 28 heavy (non-hydrogen) atoms. The lowest BCUT2D eigenvalue weighted by atomic mass is 9.79. The summed E-state index contributed by atoms with van der Waals surface area (Å²) in [4.78, 5) is 10.1. The number of hydrogen-bond acceptors (Lipinski definition) is 7. The predicted molar refractivity (Wildman–Crippen MR) is 112 cm³/mol. The summed E-state index contributed by atoms with van der Waals surface area (Å²) >= 11 is 3.37. The molecule has 0 aromatic carbocycles. The number of thiazole rings is 1. The molecular formula is C20H20N6S2. The number of aryl methyl sites for hydroxylation is 1. The fraction of sp³-hybridized carbons (Fsp3) is 0.300. The molecule has 6 nitrogen and oxygen atoms in total. The fourth-order valence-corrected chi connectivity index (χ4v) is 5.02. The van der Waals surface area contributed by atoms with Gasteiger partial charge < -0.3 is 5.32 Å². The maximum absolute atomic E-state index is 4.58. The molecule has 4 aromatic heterocycles. The van der Waals surface area contributed by atoms with Crippen LogP contribution >= 0.6 is 22.7 Å². The highest BCUT2D eigenvalue weighted by atomic mass is 32.1. The molecule has 0 radical (unpaired) electrons. The largest absolute Gasteiger partial charge is 0.308 e. The van der Waals surface area contributed by atoms with Gasteiger partial charge in [0.1, 0.15) is 10.8 Å². The molecule has 0 bridgehead atoms. The molecule has 0 saturated heterocycles. The van der Waals surface area contributed by atoms with Crippen LogP contribution in [0.2, 0.25) is 0 Å². The van der Waals surface area contributed by atoms with Crippen LogP contribution in [0.1, 0.15) is 35.2 Å². The number of nitrogens with one attached hydrogen (secondary N) is 1. The zero-order chi connectivity index (χ0) is 18.9. The average Bonchev–Trinajstić information content (AvgIpc) is 3.41. The van der Waals surface area contributed by atoms with Gasteiger partial charge in [0, 0.05) is 41.2 Å². The van der Waals surface area contributed by atoms with E-state index in [1.54, 1.807) is 22.7 Å². The quantitative estimate of drug-likeness (QED) is 0.518. The first-order chi connectivity index (χ1) is 13.8. The fourth-order valence-electron chi connectivity index (χ4n) is 3.54. The molecule has 8 heteroatoms. The summed E-state index contributed by atoms with van der Waals surface area (Å²) < 4.78 is 2.20. The highest BCUT2D eigenvalue weighted by molar-refractivity contribution is 7.14. The van der Waals surface area contributed by atoms with E-state index in [0.717, 1.165) is 46.7 Å². The Labute approximate surface area is 171 Å². The van der Waals surface area contributed by atoms with Gasteiger partial charge in [-0.05, 0) is 44.0 Å². The Morgan fingerprint density at radius 2 is 2.04 bits per heavy atom. The SMILES string of the molecule is Cc1ccc(-n2c(-c3nccs3)nnc2[C@H]2C[C@H](NCc3ccccn3)C2)s1. The van der Waals surface area contributed by atoms with E-state index in [-0.39, 0.29) is 0 Å². The van der Waals surface area contributed by atoms with Crippen LogP contribution in [0.15, 0.2) is 48.1 Å². The van der Waals surface area contributed by atoms with Gasteiger partial charge in [-0.25, -0.2) is 4.98 Å². The Hall–Kier alpha value is -2.42. The summed E-state index contributed by atoms with van der Waals surface area (Å²) in [6.07, 6.45) is 5.78. The Kier molecular flexibility index (Phi) is 4.76. The van der Waals surface area contributed by atoms with Gasteiger partial charge in [-0.3, -0.25) is 9.55 Å². The van der Waals surface area contributed by atoms with Gasteiger partial charge in [-0.1, -0.05) is 6.07 Å². The summed E-state index contributed by atoms with van der Waals surface area (Å²) in [5.41, 5.74) is 1.08. The Balaban J connectivity index is 1.35. The second-order valence-electron chi connectivity index (χ2n) is 7.01. The van der Waals surface area contributed by atoms with Crippen LogP contribution in [-0.2, 0) is 6.54 Å². The van der Waals surface area contributed by atoms with Gasteiger partial charge in [-0.2, -0.15) is 0 Å². The topological polar surface area (TPSA) is 68.5 Å². The van der Waals surface area contributed by atoms with Crippen LogP contribution in [-0.4, -0.2) is 30.8 Å². The van der Waals surface area contributed by atoms with Gasteiger partial charge in [0.25, 0.3) is 0 Å². The number of rotatable bonds is 6. The minimum absolute atomic E-state index is 0.407. The zero-order valence-corrected chi connectivity index (χ0v) is 17.1. The van der Waals surface area contributed by atoms with Crippen LogP contribution in [0.4, 0.5) is 0 Å². The summed E-state index contributed by atoms with van der Waals surface area (Å²) in [6.45, 7) is 2.93. The van der Waals surface area contributed by atoms with Gasteiger partial charge in [0.15, 0.2) is 10.8 Å². The number of thiophene rings is 1. The molecule has 1 aliphatic carbocycles. The van der Waals surface area contributed by atoms with Crippen molar-refractivity contribution < 1.29 is 0 Å². The van der Waals surface area contributed by atoms with Crippen molar-refractivity contribution in [3.63, 3.8) is 0 Å². The molecule has 1 N–H and O–H groups in total. The Morgan fingerprint density at radius 1 is 1.11 bits per heavy atom. The maximum atomic E-state index is 4.58. The maximum Gasteiger partial charge on any atom is 0.198 e. The summed E-state index contributed by atoms with van der Waals surface area (Å²) in [6, 6.07) is 10.8. The molecule has 0 aliphatic heterocycles. The number of nitrogens with zero attached hydrogens (tertiary/aromatic N) is 5. The normalized spacial score (nSPS) is 18.9. The predicted octanol–water partition coefficient (Wildman–Crippen LogP) is 4.19. The molecule has 0 unspecified atom stereocenters. The van der Waals surface area contributed by atoms with E-state index in [9.17, 15) is 0 Å². The molecule has 1 fully saturated rings. The van der Waals surface area contributed by atoms with Crippen molar-refractivity contribution >= 4 is 22.7 Å².